The molecule has 0 spiro atoms. The zero-order valence-electron chi connectivity index (χ0n) is 14.1. The van der Waals surface area contributed by atoms with E-state index >= 15 is 0 Å². The van der Waals surface area contributed by atoms with Gasteiger partial charge in [0.25, 0.3) is 0 Å². The Morgan fingerprint density at radius 2 is 2.04 bits per heavy atom. The fraction of sp³-hybridized carbons (Fsp3) is 0.100. The van der Waals surface area contributed by atoms with Gasteiger partial charge in [-0.1, -0.05) is 42.2 Å². The number of nitrogens with two attached hydrogens (primary N) is 1. The second-order valence-electron chi connectivity index (χ2n) is 5.62. The van der Waals surface area contributed by atoms with Crippen LogP contribution in [0.15, 0.2) is 60.9 Å². The lowest BCUT2D eigenvalue weighted by atomic mass is 10.1. The predicted octanol–water partition coefficient (Wildman–Crippen LogP) is 3.54. The molecule has 3 rings (SSSR count). The lowest BCUT2D eigenvalue weighted by Crippen LogP contribution is -2.38. The molecule has 1 unspecified atom stereocenters. The van der Waals surface area contributed by atoms with Crippen molar-refractivity contribution in [1.82, 2.24) is 10.0 Å². The molecule has 26 heavy (non-hydrogen) atoms. The minimum absolute atomic E-state index is 0.384. The zero-order chi connectivity index (χ0) is 18.5. The second kappa shape index (κ2) is 7.55. The largest absolute Gasteiger partial charge is 0.455 e. The van der Waals surface area contributed by atoms with E-state index in [0.29, 0.717) is 22.1 Å². The van der Waals surface area contributed by atoms with E-state index < -0.39 is 12.1 Å². The van der Waals surface area contributed by atoms with Crippen LogP contribution in [0.1, 0.15) is 12.5 Å². The van der Waals surface area contributed by atoms with Gasteiger partial charge < -0.3 is 10.5 Å². The first-order valence-electron chi connectivity index (χ1n) is 7.94. The summed E-state index contributed by atoms with van der Waals surface area (Å²) in [4.78, 5) is 15.1. The lowest BCUT2D eigenvalue weighted by molar-refractivity contribution is -0.0536. The van der Waals surface area contributed by atoms with E-state index in [2.05, 4.69) is 16.8 Å². The first kappa shape index (κ1) is 17.3. The summed E-state index contributed by atoms with van der Waals surface area (Å²) in [5, 5.41) is 11.8. The molecule has 130 valence electrons. The number of amides is 2. The summed E-state index contributed by atoms with van der Waals surface area (Å²) < 4.78 is 5.96. The molecule has 6 nitrogen and oxygen atoms in total. The summed E-state index contributed by atoms with van der Waals surface area (Å²) in [5.74, 6) is 6.91. The maximum absolute atomic E-state index is 10.9. The van der Waals surface area contributed by atoms with E-state index in [1.807, 2.05) is 36.4 Å². The molecule has 3 N–H and O–H groups in total. The maximum Gasteiger partial charge on any atom is 0.339 e. The Morgan fingerprint density at radius 1 is 1.23 bits per heavy atom. The van der Waals surface area contributed by atoms with Crippen molar-refractivity contribution < 1.29 is 14.7 Å². The van der Waals surface area contributed by atoms with Crippen molar-refractivity contribution >= 4 is 16.8 Å². The summed E-state index contributed by atoms with van der Waals surface area (Å²) in [7, 11) is 0. The first-order valence-corrected chi connectivity index (χ1v) is 7.94. The summed E-state index contributed by atoms with van der Waals surface area (Å²) in [5.41, 5.74) is 5.69. The SMILES string of the molecule is CC(C#Cc1cccc(Oc2cncc3ccccc23)c1)N(O)C(N)=O. The molecule has 0 fully saturated rings. The Labute approximate surface area is 150 Å². The number of aromatic nitrogens is 1. The van der Waals surface area contributed by atoms with Gasteiger partial charge in [-0.05, 0) is 25.1 Å². The number of hydrogen-bond donors (Lipinski definition) is 2. The molecule has 2 amide bonds. The van der Waals surface area contributed by atoms with E-state index in [-0.39, 0.29) is 0 Å². The fourth-order valence-corrected chi connectivity index (χ4v) is 2.37. The molecule has 0 aliphatic rings. The van der Waals surface area contributed by atoms with Crippen LogP contribution in [0.2, 0.25) is 0 Å². The van der Waals surface area contributed by atoms with Gasteiger partial charge in [-0.15, -0.1) is 0 Å². The van der Waals surface area contributed by atoms with Crippen LogP contribution in [-0.4, -0.2) is 27.3 Å². The third-order valence-corrected chi connectivity index (χ3v) is 3.71. The minimum atomic E-state index is -0.952. The molecule has 0 saturated heterocycles. The van der Waals surface area contributed by atoms with Gasteiger partial charge in [-0.2, -0.15) is 5.06 Å². The standard InChI is InChI=1S/C20H17N3O3/c1-14(23(25)20(21)24)9-10-15-5-4-7-17(11-15)26-19-13-22-12-16-6-2-3-8-18(16)19/h2-8,11-14,25H,1H3,(H2,21,24). The molecule has 0 aliphatic carbocycles. The summed E-state index contributed by atoms with van der Waals surface area (Å²) in [6.45, 7) is 1.57. The highest BCUT2D eigenvalue weighted by Gasteiger charge is 2.11. The highest BCUT2D eigenvalue weighted by atomic mass is 16.5. The van der Waals surface area contributed by atoms with Gasteiger partial charge in [0.1, 0.15) is 11.8 Å². The number of benzene rings is 2. The molecule has 2 aromatic carbocycles. The van der Waals surface area contributed by atoms with Crippen LogP contribution in [0.5, 0.6) is 11.5 Å². The van der Waals surface area contributed by atoms with E-state index in [1.165, 1.54) is 0 Å². The van der Waals surface area contributed by atoms with Crippen LogP contribution in [0.4, 0.5) is 4.79 Å². The Hall–Kier alpha value is -3.56. The number of carbonyl (C=O) groups is 1. The number of hydrogen-bond acceptors (Lipinski definition) is 4. The number of ether oxygens (including phenoxy) is 1. The van der Waals surface area contributed by atoms with Gasteiger partial charge in [-0.3, -0.25) is 10.2 Å². The van der Waals surface area contributed by atoms with Crippen LogP contribution < -0.4 is 10.5 Å². The number of pyridine rings is 1. The monoisotopic (exact) mass is 347 g/mol. The number of nitrogens with zero attached hydrogens (tertiary/aromatic N) is 2. The topological polar surface area (TPSA) is 88.7 Å². The van der Waals surface area contributed by atoms with Gasteiger partial charge >= 0.3 is 6.03 Å². The van der Waals surface area contributed by atoms with Crippen molar-refractivity contribution in [2.24, 2.45) is 5.73 Å². The molecule has 3 aromatic rings. The summed E-state index contributed by atoms with van der Waals surface area (Å²) in [6.07, 6.45) is 3.45. The molecule has 6 heteroatoms. The molecule has 1 heterocycles. The third-order valence-electron chi connectivity index (χ3n) is 3.71. The van der Waals surface area contributed by atoms with Crippen LogP contribution in [0.25, 0.3) is 10.8 Å². The van der Waals surface area contributed by atoms with E-state index in [0.717, 1.165) is 10.8 Å². The Bertz CT molecular complexity index is 1000. The average molecular weight is 347 g/mol. The van der Waals surface area contributed by atoms with Crippen molar-refractivity contribution in [2.45, 2.75) is 13.0 Å². The Balaban J connectivity index is 1.83. The Morgan fingerprint density at radius 3 is 2.85 bits per heavy atom. The van der Waals surface area contributed by atoms with Crippen LogP contribution in [0.3, 0.4) is 0 Å². The molecule has 0 radical (unpaired) electrons. The van der Waals surface area contributed by atoms with Crippen LogP contribution in [0, 0.1) is 11.8 Å². The fourth-order valence-electron chi connectivity index (χ4n) is 2.37. The van der Waals surface area contributed by atoms with E-state index in [4.69, 9.17) is 10.5 Å². The van der Waals surface area contributed by atoms with Crippen molar-refractivity contribution in [3.05, 3.63) is 66.5 Å². The first-order chi connectivity index (χ1) is 12.5. The highest BCUT2D eigenvalue weighted by molar-refractivity contribution is 5.87. The van der Waals surface area contributed by atoms with Crippen molar-refractivity contribution in [3.63, 3.8) is 0 Å². The van der Waals surface area contributed by atoms with Gasteiger partial charge in [0.15, 0.2) is 5.75 Å². The summed E-state index contributed by atoms with van der Waals surface area (Å²) in [6, 6.07) is 13.4. The van der Waals surface area contributed by atoms with E-state index in [1.54, 1.807) is 31.5 Å². The Kier molecular flexibility index (Phi) is 5.02. The van der Waals surface area contributed by atoms with Crippen molar-refractivity contribution in [2.75, 3.05) is 0 Å². The molecule has 0 bridgehead atoms. The number of fused-ring (bicyclic) bond motifs is 1. The molecule has 0 aliphatic heterocycles. The normalized spacial score (nSPS) is 11.3. The molecule has 1 aromatic heterocycles. The third kappa shape index (κ3) is 3.91. The van der Waals surface area contributed by atoms with Crippen LogP contribution >= 0.6 is 0 Å². The van der Waals surface area contributed by atoms with E-state index in [9.17, 15) is 10.0 Å². The van der Waals surface area contributed by atoms with Crippen molar-refractivity contribution in [3.8, 4) is 23.3 Å². The smallest absolute Gasteiger partial charge is 0.339 e. The lowest BCUT2D eigenvalue weighted by Gasteiger charge is -2.14. The van der Waals surface area contributed by atoms with Crippen LogP contribution in [-0.2, 0) is 0 Å². The van der Waals surface area contributed by atoms with Gasteiger partial charge in [0.2, 0.25) is 0 Å². The second-order valence-corrected chi connectivity index (χ2v) is 5.62. The molecule has 1 atom stereocenters. The molecular weight excluding hydrogens is 330 g/mol. The summed E-state index contributed by atoms with van der Waals surface area (Å²) >= 11 is 0. The maximum atomic E-state index is 10.9. The number of urea groups is 1. The van der Waals surface area contributed by atoms with Gasteiger partial charge in [0.05, 0.1) is 6.20 Å². The van der Waals surface area contributed by atoms with Crippen molar-refractivity contribution in [1.29, 1.82) is 0 Å². The average Bonchev–Trinajstić information content (AvgIpc) is 2.66. The predicted molar refractivity (Wildman–Crippen MR) is 97.8 cm³/mol. The quantitative estimate of drug-likeness (QED) is 0.431. The highest BCUT2D eigenvalue weighted by Crippen LogP contribution is 2.28. The number of rotatable bonds is 3. The zero-order valence-corrected chi connectivity index (χ0v) is 14.1. The van der Waals surface area contributed by atoms with Gasteiger partial charge in [-0.25, -0.2) is 4.79 Å². The number of hydroxylamine groups is 2. The molecule has 0 saturated carbocycles. The molecular formula is C20H17N3O3. The van der Waals surface area contributed by atoms with Gasteiger partial charge in [0, 0.05) is 22.5 Å². The number of carbonyl (C=O) groups excluding carboxylic acids is 1. The number of primary amides is 1. The minimum Gasteiger partial charge on any atom is -0.455 e.